The maximum Gasteiger partial charge on any atom is 0.251 e. The van der Waals surface area contributed by atoms with E-state index >= 15 is 0 Å². The molecule has 2 fully saturated rings. The van der Waals surface area contributed by atoms with Crippen LogP contribution in [0.1, 0.15) is 91.3 Å². The summed E-state index contributed by atoms with van der Waals surface area (Å²) in [6.45, 7) is 2.38. The number of nitrogens with one attached hydrogen (secondary N) is 1. The molecule has 2 saturated carbocycles. The van der Waals surface area contributed by atoms with E-state index in [1.165, 1.54) is 22.9 Å². The molecule has 5 heteroatoms. The van der Waals surface area contributed by atoms with Gasteiger partial charge in [0.25, 0.3) is 5.91 Å². The van der Waals surface area contributed by atoms with E-state index in [9.17, 15) is 14.3 Å². The number of aliphatic hydroxyl groups is 1. The molecule has 1 amide bonds. The average molecular weight is 475 g/mol. The van der Waals surface area contributed by atoms with E-state index in [0.717, 1.165) is 63.4 Å². The zero-order valence-corrected chi connectivity index (χ0v) is 20.5. The van der Waals surface area contributed by atoms with Gasteiger partial charge in [-0.2, -0.15) is 0 Å². The Kier molecular flexibility index (Phi) is 5.59. The van der Waals surface area contributed by atoms with Crippen LogP contribution in [0.15, 0.2) is 42.7 Å². The molecule has 184 valence electrons. The first-order valence-electron chi connectivity index (χ1n) is 13.3. The number of halogens is 1. The molecule has 6 rings (SSSR count). The summed E-state index contributed by atoms with van der Waals surface area (Å²) < 4.78 is 13.9. The Bertz CT molecular complexity index is 1180. The molecule has 0 unspecified atom stereocenters. The van der Waals surface area contributed by atoms with Gasteiger partial charge in [0.05, 0.1) is 18.3 Å². The average Bonchev–Trinajstić information content (AvgIpc) is 3.48. The topological polar surface area (TPSA) is 62.2 Å². The molecule has 2 N–H and O–H groups in total. The summed E-state index contributed by atoms with van der Waals surface area (Å²) >= 11 is 0. The van der Waals surface area contributed by atoms with Crippen molar-refractivity contribution in [1.82, 2.24) is 10.3 Å². The normalized spacial score (nSPS) is 30.7. The van der Waals surface area contributed by atoms with Crippen molar-refractivity contribution in [2.45, 2.75) is 76.2 Å². The lowest BCUT2D eigenvalue weighted by Crippen LogP contribution is -2.49. The summed E-state index contributed by atoms with van der Waals surface area (Å²) in [7, 11) is 0. The number of aromatic nitrogens is 1. The minimum absolute atomic E-state index is 0.00923. The molecular weight excluding hydrogens is 439 g/mol. The number of amides is 1. The third-order valence-electron chi connectivity index (χ3n) is 9.83. The summed E-state index contributed by atoms with van der Waals surface area (Å²) in [5, 5.41) is 13.0. The molecule has 0 spiro atoms. The largest absolute Gasteiger partial charge is 0.394 e. The molecular formula is C30H35FN2O2. The second-order valence-corrected chi connectivity index (χ2v) is 11.6. The second-order valence-electron chi connectivity index (χ2n) is 11.6. The van der Waals surface area contributed by atoms with E-state index in [-0.39, 0.29) is 23.7 Å². The molecule has 0 radical (unpaired) electrons. The van der Waals surface area contributed by atoms with Crippen LogP contribution in [0.2, 0.25) is 0 Å². The maximum atomic E-state index is 13.9. The lowest BCUT2D eigenvalue weighted by molar-refractivity contribution is 0.0836. The zero-order chi connectivity index (χ0) is 24.2. The molecule has 0 saturated heterocycles. The van der Waals surface area contributed by atoms with Gasteiger partial charge in [-0.15, -0.1) is 0 Å². The number of aryl methyl sites for hydroxylation is 1. The van der Waals surface area contributed by atoms with Crippen LogP contribution < -0.4 is 5.32 Å². The van der Waals surface area contributed by atoms with Crippen LogP contribution >= 0.6 is 0 Å². The molecule has 0 bridgehead atoms. The number of carbonyl (C=O) groups excluding carboxylic acids is 1. The van der Waals surface area contributed by atoms with Crippen LogP contribution in [-0.2, 0) is 6.42 Å². The van der Waals surface area contributed by atoms with Gasteiger partial charge in [-0.25, -0.2) is 4.39 Å². The number of pyridine rings is 1. The van der Waals surface area contributed by atoms with Crippen LogP contribution in [0, 0.1) is 23.1 Å². The Labute approximate surface area is 207 Å². The van der Waals surface area contributed by atoms with Crippen molar-refractivity contribution >= 4 is 11.5 Å². The van der Waals surface area contributed by atoms with E-state index in [0.29, 0.717) is 23.3 Å². The molecule has 2 aromatic rings. The first kappa shape index (κ1) is 22.9. The van der Waals surface area contributed by atoms with E-state index in [1.54, 1.807) is 6.07 Å². The van der Waals surface area contributed by atoms with Gasteiger partial charge in [0.1, 0.15) is 5.82 Å². The fourth-order valence-corrected chi connectivity index (χ4v) is 7.99. The Morgan fingerprint density at radius 3 is 2.77 bits per heavy atom. The smallest absolute Gasteiger partial charge is 0.251 e. The predicted octanol–water partition coefficient (Wildman–Crippen LogP) is 5.81. The Morgan fingerprint density at radius 1 is 1.17 bits per heavy atom. The minimum atomic E-state index is -0.448. The highest BCUT2D eigenvalue weighted by molar-refractivity contribution is 5.95. The number of fused-ring (bicyclic) bond motifs is 5. The highest BCUT2D eigenvalue weighted by Gasteiger charge is 2.52. The molecule has 1 heterocycles. The van der Waals surface area contributed by atoms with E-state index in [2.05, 4.69) is 35.4 Å². The number of carbonyl (C=O) groups is 1. The van der Waals surface area contributed by atoms with Crippen LogP contribution in [-0.4, -0.2) is 28.1 Å². The summed E-state index contributed by atoms with van der Waals surface area (Å²) in [5.41, 5.74) is 5.26. The zero-order valence-electron chi connectivity index (χ0n) is 20.5. The van der Waals surface area contributed by atoms with Crippen LogP contribution in [0.3, 0.4) is 0 Å². The number of aliphatic hydroxyl groups excluding tert-OH is 1. The highest BCUT2D eigenvalue weighted by atomic mass is 19.1. The fourth-order valence-electron chi connectivity index (χ4n) is 7.99. The Hall–Kier alpha value is -2.53. The highest BCUT2D eigenvalue weighted by Crippen LogP contribution is 2.63. The van der Waals surface area contributed by atoms with E-state index < -0.39 is 5.54 Å². The summed E-state index contributed by atoms with van der Waals surface area (Å²) in [4.78, 5) is 17.2. The molecule has 1 aromatic heterocycles. The standard InChI is InChI=1S/C30H35FN2O2/c1-29-13-10-24-23-6-5-20(28(35)33-30(18-34)11-2-3-12-30)14-19(23)4-7-25(24)27(29)9-8-26(29)21-15-22(31)17-32-16-21/h5-6,8,14-17,24-25,27,34H,2-4,7,9-13,18H2,1H3,(H,33,35)/t24-,25-,27+,29-/m1/s1. The van der Waals surface area contributed by atoms with Crippen molar-refractivity contribution < 1.29 is 14.3 Å². The van der Waals surface area contributed by atoms with Gasteiger partial charge in [0.15, 0.2) is 0 Å². The number of hydrogen-bond acceptors (Lipinski definition) is 3. The van der Waals surface area contributed by atoms with Crippen LogP contribution in [0.5, 0.6) is 0 Å². The van der Waals surface area contributed by atoms with Crippen LogP contribution in [0.25, 0.3) is 5.57 Å². The molecule has 0 aliphatic heterocycles. The Balaban J connectivity index is 1.22. The van der Waals surface area contributed by atoms with Crippen molar-refractivity contribution in [2.75, 3.05) is 6.61 Å². The predicted molar refractivity (Wildman–Crippen MR) is 134 cm³/mol. The Morgan fingerprint density at radius 2 is 2.00 bits per heavy atom. The molecule has 4 atom stereocenters. The van der Waals surface area contributed by atoms with Gasteiger partial charge < -0.3 is 10.4 Å². The van der Waals surface area contributed by atoms with Gasteiger partial charge in [-0.05, 0) is 109 Å². The fraction of sp³-hybridized carbons (Fsp3) is 0.533. The number of hydrogen-bond donors (Lipinski definition) is 2. The van der Waals surface area contributed by atoms with Crippen molar-refractivity contribution in [3.8, 4) is 0 Å². The maximum absolute atomic E-state index is 13.9. The third-order valence-corrected chi connectivity index (χ3v) is 9.83. The lowest BCUT2D eigenvalue weighted by atomic mass is 9.54. The minimum Gasteiger partial charge on any atom is -0.394 e. The number of rotatable bonds is 4. The van der Waals surface area contributed by atoms with E-state index in [4.69, 9.17) is 0 Å². The van der Waals surface area contributed by atoms with Crippen LogP contribution in [0.4, 0.5) is 4.39 Å². The monoisotopic (exact) mass is 474 g/mol. The van der Waals surface area contributed by atoms with E-state index in [1.807, 2.05) is 12.3 Å². The van der Waals surface area contributed by atoms with Crippen molar-refractivity contribution in [1.29, 1.82) is 0 Å². The molecule has 35 heavy (non-hydrogen) atoms. The van der Waals surface area contributed by atoms with Gasteiger partial charge in [-0.1, -0.05) is 31.9 Å². The quantitative estimate of drug-likeness (QED) is 0.588. The first-order valence-corrected chi connectivity index (χ1v) is 13.3. The summed E-state index contributed by atoms with van der Waals surface area (Å²) in [6, 6.07) is 7.92. The number of benzene rings is 1. The van der Waals surface area contributed by atoms with Gasteiger partial charge >= 0.3 is 0 Å². The van der Waals surface area contributed by atoms with Crippen molar-refractivity contribution in [3.05, 3.63) is 70.8 Å². The number of nitrogens with zero attached hydrogens (tertiary/aromatic N) is 1. The SMILES string of the molecule is C[C@]12CC[C@@H]3c4ccc(C(=O)NC5(CO)CCCC5)cc4CC[C@H]3[C@@H]1CC=C2c1cncc(F)c1. The lowest BCUT2D eigenvalue weighted by Gasteiger charge is -2.50. The van der Waals surface area contributed by atoms with Gasteiger partial charge in [-0.3, -0.25) is 9.78 Å². The van der Waals surface area contributed by atoms with Gasteiger partial charge in [0.2, 0.25) is 0 Å². The molecule has 4 nitrogen and oxygen atoms in total. The summed E-state index contributed by atoms with van der Waals surface area (Å²) in [5.74, 6) is 1.35. The summed E-state index contributed by atoms with van der Waals surface area (Å²) in [6.07, 6.45) is 14.6. The third kappa shape index (κ3) is 3.74. The number of allylic oxidation sites excluding steroid dienone is 2. The molecule has 4 aliphatic rings. The van der Waals surface area contributed by atoms with Crippen molar-refractivity contribution in [3.63, 3.8) is 0 Å². The van der Waals surface area contributed by atoms with Crippen molar-refractivity contribution in [2.24, 2.45) is 17.3 Å². The second kappa shape index (κ2) is 8.55. The molecule has 4 aliphatic carbocycles. The van der Waals surface area contributed by atoms with Gasteiger partial charge in [0, 0.05) is 11.8 Å². The first-order chi connectivity index (χ1) is 16.9. The molecule has 1 aromatic carbocycles.